The van der Waals surface area contributed by atoms with Gasteiger partial charge in [-0.25, -0.2) is 13.6 Å². The SMILES string of the molecule is NS(=O)(=O)c1ccc(N2CCOCC2)c(C(=O)Nc2ccc(NC(=O)c3cccs3)cc2)c1. The number of morpholine rings is 1. The van der Waals surface area contributed by atoms with Crippen molar-refractivity contribution >= 4 is 50.2 Å². The van der Waals surface area contributed by atoms with Crippen molar-refractivity contribution in [1.82, 2.24) is 0 Å². The molecule has 0 bridgehead atoms. The highest BCUT2D eigenvalue weighted by Gasteiger charge is 2.22. The third-order valence-corrected chi connectivity index (χ3v) is 6.82. The Morgan fingerprint density at radius 1 is 0.939 bits per heavy atom. The van der Waals surface area contributed by atoms with Crippen LogP contribution < -0.4 is 20.7 Å². The molecule has 11 heteroatoms. The molecule has 2 amide bonds. The van der Waals surface area contributed by atoms with Gasteiger partial charge in [0.05, 0.1) is 28.5 Å². The molecule has 1 saturated heterocycles. The number of nitrogens with zero attached hydrogens (tertiary/aromatic N) is 1. The summed E-state index contributed by atoms with van der Waals surface area (Å²) in [7, 11) is -3.98. The molecule has 3 aromatic rings. The van der Waals surface area contributed by atoms with Gasteiger partial charge in [-0.1, -0.05) is 6.07 Å². The van der Waals surface area contributed by atoms with E-state index in [9.17, 15) is 18.0 Å². The van der Waals surface area contributed by atoms with E-state index < -0.39 is 15.9 Å². The summed E-state index contributed by atoms with van der Waals surface area (Å²) in [5.41, 5.74) is 1.86. The lowest BCUT2D eigenvalue weighted by atomic mass is 10.1. The number of carbonyl (C=O) groups is 2. The van der Waals surface area contributed by atoms with E-state index >= 15 is 0 Å². The van der Waals surface area contributed by atoms with Gasteiger partial charge in [0, 0.05) is 30.2 Å². The van der Waals surface area contributed by atoms with Crippen molar-refractivity contribution in [2.75, 3.05) is 41.8 Å². The Morgan fingerprint density at radius 3 is 2.15 bits per heavy atom. The molecule has 4 N–H and O–H groups in total. The number of anilines is 3. The van der Waals surface area contributed by atoms with Crippen molar-refractivity contribution in [2.24, 2.45) is 5.14 Å². The minimum atomic E-state index is -3.98. The number of carbonyl (C=O) groups excluding carboxylic acids is 2. The molecule has 1 aliphatic heterocycles. The number of hydrogen-bond acceptors (Lipinski definition) is 7. The first-order valence-electron chi connectivity index (χ1n) is 10.1. The molecule has 1 aliphatic rings. The highest BCUT2D eigenvalue weighted by molar-refractivity contribution is 7.89. The van der Waals surface area contributed by atoms with E-state index in [0.717, 1.165) is 0 Å². The minimum absolute atomic E-state index is 0.142. The van der Waals surface area contributed by atoms with Crippen molar-refractivity contribution in [3.05, 3.63) is 70.4 Å². The zero-order valence-corrected chi connectivity index (χ0v) is 19.1. The number of thiophene rings is 1. The van der Waals surface area contributed by atoms with Crippen molar-refractivity contribution < 1.29 is 22.7 Å². The second kappa shape index (κ2) is 9.71. The summed E-state index contributed by atoms with van der Waals surface area (Å²) in [6.07, 6.45) is 0. The van der Waals surface area contributed by atoms with Gasteiger partial charge in [-0.15, -0.1) is 11.3 Å². The summed E-state index contributed by atoms with van der Waals surface area (Å²) in [6, 6.07) is 14.4. The van der Waals surface area contributed by atoms with Gasteiger partial charge in [0.25, 0.3) is 11.8 Å². The van der Waals surface area contributed by atoms with Crippen LogP contribution in [0.3, 0.4) is 0 Å². The number of hydrogen-bond donors (Lipinski definition) is 3. The molecular weight excluding hydrogens is 464 g/mol. The van der Waals surface area contributed by atoms with Gasteiger partial charge >= 0.3 is 0 Å². The first kappa shape index (κ1) is 22.9. The van der Waals surface area contributed by atoms with Gasteiger partial charge in [0.1, 0.15) is 0 Å². The summed E-state index contributed by atoms with van der Waals surface area (Å²) in [6.45, 7) is 2.18. The van der Waals surface area contributed by atoms with E-state index in [0.29, 0.717) is 48.2 Å². The fourth-order valence-corrected chi connectivity index (χ4v) is 4.55. The average molecular weight is 487 g/mol. The molecule has 2 aromatic carbocycles. The maximum Gasteiger partial charge on any atom is 0.265 e. The van der Waals surface area contributed by atoms with Crippen molar-refractivity contribution in [1.29, 1.82) is 0 Å². The fourth-order valence-electron chi connectivity index (χ4n) is 3.39. The summed E-state index contributed by atoms with van der Waals surface area (Å²) in [4.78, 5) is 27.7. The molecule has 4 rings (SSSR count). The Balaban J connectivity index is 1.53. The summed E-state index contributed by atoms with van der Waals surface area (Å²) in [5, 5.41) is 12.7. The van der Waals surface area contributed by atoms with E-state index in [-0.39, 0.29) is 16.4 Å². The zero-order valence-electron chi connectivity index (χ0n) is 17.5. The van der Waals surface area contributed by atoms with Gasteiger partial charge in [-0.05, 0) is 53.9 Å². The second-order valence-electron chi connectivity index (χ2n) is 7.29. The van der Waals surface area contributed by atoms with Gasteiger partial charge in [0.2, 0.25) is 10.0 Å². The number of primary sulfonamides is 1. The summed E-state index contributed by atoms with van der Waals surface area (Å²) >= 11 is 1.34. The monoisotopic (exact) mass is 486 g/mol. The van der Waals surface area contributed by atoms with Crippen molar-refractivity contribution in [2.45, 2.75) is 4.90 Å². The van der Waals surface area contributed by atoms with Crippen molar-refractivity contribution in [3.8, 4) is 0 Å². The first-order chi connectivity index (χ1) is 15.8. The number of nitrogens with one attached hydrogen (secondary N) is 2. The first-order valence-corrected chi connectivity index (χ1v) is 12.5. The average Bonchev–Trinajstić information content (AvgIpc) is 3.35. The molecule has 0 spiro atoms. The fraction of sp³-hybridized carbons (Fsp3) is 0.182. The lowest BCUT2D eigenvalue weighted by molar-refractivity contribution is 0.101. The second-order valence-corrected chi connectivity index (χ2v) is 9.80. The number of sulfonamides is 1. The van der Waals surface area contributed by atoms with E-state index in [2.05, 4.69) is 10.6 Å². The molecule has 0 aliphatic carbocycles. The van der Waals surface area contributed by atoms with Gasteiger partial charge < -0.3 is 20.3 Å². The predicted octanol–water partition coefficient (Wildman–Crippen LogP) is 2.74. The molecule has 9 nitrogen and oxygen atoms in total. The largest absolute Gasteiger partial charge is 0.378 e. The molecule has 0 radical (unpaired) electrons. The molecule has 0 saturated carbocycles. The molecule has 1 fully saturated rings. The van der Waals surface area contributed by atoms with Gasteiger partial charge in [0.15, 0.2) is 0 Å². The molecule has 0 unspecified atom stereocenters. The maximum absolute atomic E-state index is 13.1. The van der Waals surface area contributed by atoms with Crippen LogP contribution in [0, 0.1) is 0 Å². The number of benzene rings is 2. The van der Waals surface area contributed by atoms with Crippen LogP contribution in [-0.4, -0.2) is 46.5 Å². The Labute approximate surface area is 195 Å². The van der Waals surface area contributed by atoms with Crippen molar-refractivity contribution in [3.63, 3.8) is 0 Å². The number of nitrogens with two attached hydrogens (primary N) is 1. The topological polar surface area (TPSA) is 131 Å². The van der Waals surface area contributed by atoms with Crippen LogP contribution in [-0.2, 0) is 14.8 Å². The molecule has 2 heterocycles. The van der Waals surface area contributed by atoms with Gasteiger partial charge in [-0.3, -0.25) is 9.59 Å². The highest BCUT2D eigenvalue weighted by Crippen LogP contribution is 2.26. The lowest BCUT2D eigenvalue weighted by Gasteiger charge is -2.30. The summed E-state index contributed by atoms with van der Waals surface area (Å²) < 4.78 is 29.1. The smallest absolute Gasteiger partial charge is 0.265 e. The Morgan fingerprint density at radius 2 is 1.58 bits per heavy atom. The number of amides is 2. The number of ether oxygens (including phenoxy) is 1. The normalized spacial score (nSPS) is 14.0. The molecular formula is C22H22N4O5S2. The van der Waals surface area contributed by atoms with Crippen LogP contribution >= 0.6 is 11.3 Å². The standard InChI is InChI=1S/C22H22N4O5S2/c23-33(29,30)17-7-8-19(26-9-11-31-12-10-26)18(14-17)21(27)24-15-3-5-16(6-4-15)25-22(28)20-2-1-13-32-20/h1-8,13-14H,9-12H2,(H,24,27)(H,25,28)(H2,23,29,30). The Hall–Kier alpha value is -3.25. The number of rotatable bonds is 6. The zero-order chi connectivity index (χ0) is 23.4. The van der Waals surface area contributed by atoms with E-state index in [1.54, 1.807) is 42.5 Å². The molecule has 0 atom stereocenters. The molecule has 1 aromatic heterocycles. The Bertz CT molecular complexity index is 1250. The Kier molecular flexibility index (Phi) is 6.75. The van der Waals surface area contributed by atoms with Gasteiger partial charge in [-0.2, -0.15) is 0 Å². The van der Waals surface area contributed by atoms with Crippen LogP contribution in [0.25, 0.3) is 0 Å². The highest BCUT2D eigenvalue weighted by atomic mass is 32.2. The molecule has 33 heavy (non-hydrogen) atoms. The van der Waals surface area contributed by atoms with Crippen LogP contribution in [0.1, 0.15) is 20.0 Å². The third kappa shape index (κ3) is 5.57. The molecule has 172 valence electrons. The summed E-state index contributed by atoms with van der Waals surface area (Å²) in [5.74, 6) is -0.686. The maximum atomic E-state index is 13.1. The van der Waals surface area contributed by atoms with E-state index in [1.807, 2.05) is 10.3 Å². The minimum Gasteiger partial charge on any atom is -0.378 e. The third-order valence-electron chi connectivity index (χ3n) is 5.04. The van der Waals surface area contributed by atoms with E-state index in [4.69, 9.17) is 9.88 Å². The van der Waals surface area contributed by atoms with Crippen LogP contribution in [0.15, 0.2) is 64.9 Å². The quantitative estimate of drug-likeness (QED) is 0.491. The van der Waals surface area contributed by atoms with E-state index in [1.165, 1.54) is 23.5 Å². The van der Waals surface area contributed by atoms with Crippen LogP contribution in [0.2, 0.25) is 0 Å². The van der Waals surface area contributed by atoms with Crippen LogP contribution in [0.5, 0.6) is 0 Å². The predicted molar refractivity (Wildman–Crippen MR) is 128 cm³/mol. The lowest BCUT2D eigenvalue weighted by Crippen LogP contribution is -2.37. The van der Waals surface area contributed by atoms with Crippen LogP contribution in [0.4, 0.5) is 17.1 Å².